The van der Waals surface area contributed by atoms with Gasteiger partial charge in [-0.2, -0.15) is 0 Å². The summed E-state index contributed by atoms with van der Waals surface area (Å²) in [6, 6.07) is 8.30. The Morgan fingerprint density at radius 2 is 1.89 bits per heavy atom. The second kappa shape index (κ2) is 8.80. The number of carbonyl (C=O) groups is 1. The van der Waals surface area contributed by atoms with Crippen LogP contribution in [0, 0.1) is 5.82 Å². The van der Waals surface area contributed by atoms with Crippen LogP contribution < -0.4 is 0 Å². The molecule has 0 bridgehead atoms. The molecule has 0 unspecified atom stereocenters. The van der Waals surface area contributed by atoms with E-state index in [0.29, 0.717) is 17.0 Å². The lowest BCUT2D eigenvalue weighted by molar-refractivity contribution is 0.0400. The number of amides is 1. The molecule has 3 nitrogen and oxygen atoms in total. The molecule has 1 saturated heterocycles. The Hall–Kier alpha value is -2.30. The average molecular weight is 386 g/mol. The van der Waals surface area contributed by atoms with Crippen molar-refractivity contribution in [3.8, 4) is 11.1 Å². The number of nitrogens with zero attached hydrogens (tertiary/aromatic N) is 2. The molecule has 2 aromatic rings. The molecule has 2 fully saturated rings. The van der Waals surface area contributed by atoms with E-state index in [1.165, 1.54) is 17.0 Å². The molecule has 5 heteroatoms. The lowest BCUT2D eigenvalue weighted by atomic mass is 9.96. The van der Waals surface area contributed by atoms with Crippen LogP contribution in [0.2, 0.25) is 0 Å². The van der Waals surface area contributed by atoms with Crippen molar-refractivity contribution in [2.75, 3.05) is 13.1 Å². The number of aryl methyl sites for hydroxylation is 1. The number of rotatable bonds is 5. The summed E-state index contributed by atoms with van der Waals surface area (Å²) in [7, 11) is 0. The van der Waals surface area contributed by atoms with E-state index < -0.39 is 12.0 Å². The predicted octanol–water partition coefficient (Wildman–Crippen LogP) is 5.54. The van der Waals surface area contributed by atoms with Gasteiger partial charge in [-0.3, -0.25) is 9.78 Å². The predicted molar refractivity (Wildman–Crippen MR) is 108 cm³/mol. The minimum absolute atomic E-state index is 0.0829. The quantitative estimate of drug-likeness (QED) is 0.676. The third kappa shape index (κ3) is 4.40. The maximum Gasteiger partial charge on any atom is 0.254 e. The Morgan fingerprint density at radius 1 is 1.18 bits per heavy atom. The van der Waals surface area contributed by atoms with Crippen molar-refractivity contribution in [1.82, 2.24) is 9.88 Å². The molecule has 0 N–H and O–H groups in total. The molecule has 1 aliphatic heterocycles. The number of benzene rings is 1. The molecular formula is C23H28F2N2O. The molecule has 4 rings (SSSR count). The lowest BCUT2D eigenvalue weighted by Crippen LogP contribution is -2.51. The van der Waals surface area contributed by atoms with Crippen molar-refractivity contribution in [2.24, 2.45) is 0 Å². The third-order valence-electron chi connectivity index (χ3n) is 5.05. The van der Waals surface area contributed by atoms with Gasteiger partial charge in [0.05, 0.1) is 18.7 Å². The summed E-state index contributed by atoms with van der Waals surface area (Å²) in [5.41, 5.74) is 3.95. The maximum atomic E-state index is 13.8. The Bertz CT molecular complexity index is 842. The van der Waals surface area contributed by atoms with Gasteiger partial charge in [-0.1, -0.05) is 33.3 Å². The van der Waals surface area contributed by atoms with Gasteiger partial charge >= 0.3 is 0 Å². The summed E-state index contributed by atoms with van der Waals surface area (Å²) in [5.74, 6) is -0.275. The van der Waals surface area contributed by atoms with Crippen molar-refractivity contribution in [2.45, 2.75) is 58.5 Å². The highest BCUT2D eigenvalue weighted by Gasteiger charge is 2.32. The zero-order chi connectivity index (χ0) is 20.3. The fourth-order valence-electron chi connectivity index (χ4n) is 3.44. The molecule has 2 heterocycles. The smallest absolute Gasteiger partial charge is 0.254 e. The van der Waals surface area contributed by atoms with Crippen LogP contribution >= 0.6 is 0 Å². The third-order valence-corrected chi connectivity index (χ3v) is 5.05. The van der Waals surface area contributed by atoms with Crippen LogP contribution in [0.1, 0.15) is 67.7 Å². The Labute approximate surface area is 165 Å². The topological polar surface area (TPSA) is 33.2 Å². The summed E-state index contributed by atoms with van der Waals surface area (Å²) in [6.07, 6.45) is 3.16. The van der Waals surface area contributed by atoms with Gasteiger partial charge in [-0.25, -0.2) is 8.78 Å². The van der Waals surface area contributed by atoms with E-state index in [1.807, 2.05) is 26.0 Å². The first-order chi connectivity index (χ1) is 13.5. The molecule has 2 aliphatic rings. The minimum Gasteiger partial charge on any atom is -0.333 e. The van der Waals surface area contributed by atoms with E-state index in [2.05, 4.69) is 6.92 Å². The van der Waals surface area contributed by atoms with Gasteiger partial charge < -0.3 is 4.90 Å². The van der Waals surface area contributed by atoms with E-state index in [4.69, 9.17) is 4.98 Å². The first kappa shape index (κ1) is 20.4. The molecule has 0 spiro atoms. The monoisotopic (exact) mass is 386 g/mol. The number of aromatic nitrogens is 1. The number of hydrogen-bond acceptors (Lipinski definition) is 2. The molecule has 1 aromatic carbocycles. The molecule has 0 radical (unpaired) electrons. The largest absolute Gasteiger partial charge is 0.333 e. The van der Waals surface area contributed by atoms with Gasteiger partial charge in [0, 0.05) is 17.3 Å². The summed E-state index contributed by atoms with van der Waals surface area (Å²) >= 11 is 0. The van der Waals surface area contributed by atoms with Gasteiger partial charge in [0.2, 0.25) is 0 Å². The van der Waals surface area contributed by atoms with Gasteiger partial charge in [-0.15, -0.1) is 0 Å². The molecule has 1 aromatic heterocycles. The number of pyridine rings is 1. The molecule has 150 valence electrons. The van der Waals surface area contributed by atoms with Crippen LogP contribution in [-0.4, -0.2) is 35.1 Å². The van der Waals surface area contributed by atoms with Crippen molar-refractivity contribution in [1.29, 1.82) is 0 Å². The van der Waals surface area contributed by atoms with Gasteiger partial charge in [-0.05, 0) is 54.7 Å². The minimum atomic E-state index is -0.977. The summed E-state index contributed by atoms with van der Waals surface area (Å²) in [5, 5.41) is 0. The molecule has 28 heavy (non-hydrogen) atoms. The highest BCUT2D eigenvalue weighted by atomic mass is 19.1. The normalized spacial score (nSPS) is 16.2. The average Bonchev–Trinajstić information content (AvgIpc) is 3.52. The zero-order valence-electron chi connectivity index (χ0n) is 16.8. The van der Waals surface area contributed by atoms with E-state index >= 15 is 0 Å². The van der Waals surface area contributed by atoms with Crippen LogP contribution in [0.5, 0.6) is 0 Å². The maximum absolute atomic E-state index is 13.8. The van der Waals surface area contributed by atoms with Crippen LogP contribution in [0.25, 0.3) is 11.1 Å². The molecule has 1 saturated carbocycles. The standard InChI is InChI=1S/C21H22F2N2O.C2H6/c1-2-3-17-8-14(9-20(24-17)13-4-5-13)18-7-6-15(22)10-19(18)21(26)25-11-16(23)12-25;1-2/h6-10,13,16H,2-5,11-12H2,1H3;1-2H3. The van der Waals surface area contributed by atoms with Crippen molar-refractivity contribution >= 4 is 5.91 Å². The van der Waals surface area contributed by atoms with E-state index in [1.54, 1.807) is 6.07 Å². The first-order valence-corrected chi connectivity index (χ1v) is 10.3. The van der Waals surface area contributed by atoms with Crippen LogP contribution in [0.3, 0.4) is 0 Å². The van der Waals surface area contributed by atoms with Gasteiger partial charge in [0.25, 0.3) is 5.91 Å². The van der Waals surface area contributed by atoms with E-state index in [9.17, 15) is 13.6 Å². The van der Waals surface area contributed by atoms with Crippen molar-refractivity contribution < 1.29 is 13.6 Å². The Kier molecular flexibility index (Phi) is 6.42. The molecular weight excluding hydrogens is 358 g/mol. The van der Waals surface area contributed by atoms with E-state index in [-0.39, 0.29) is 19.0 Å². The SMILES string of the molecule is CC.CCCc1cc(-c2ccc(F)cc2C(=O)N2CC(F)C2)cc(C2CC2)n1. The number of hydrogen-bond donors (Lipinski definition) is 0. The number of halogens is 2. The molecule has 1 aliphatic carbocycles. The number of carbonyl (C=O) groups excluding carboxylic acids is 1. The zero-order valence-corrected chi connectivity index (χ0v) is 16.8. The van der Waals surface area contributed by atoms with Crippen LogP contribution in [-0.2, 0) is 6.42 Å². The summed E-state index contributed by atoms with van der Waals surface area (Å²) in [4.78, 5) is 18.9. The number of likely N-dealkylation sites (tertiary alicyclic amines) is 1. The van der Waals surface area contributed by atoms with Crippen molar-refractivity contribution in [3.05, 3.63) is 53.1 Å². The fourth-order valence-corrected chi connectivity index (χ4v) is 3.44. The summed E-state index contributed by atoms with van der Waals surface area (Å²) < 4.78 is 27.0. The fraction of sp³-hybridized carbons (Fsp3) is 0.478. The van der Waals surface area contributed by atoms with Crippen LogP contribution in [0.15, 0.2) is 30.3 Å². The Balaban J connectivity index is 0.00000109. The number of alkyl halides is 1. The van der Waals surface area contributed by atoms with Gasteiger partial charge in [0.1, 0.15) is 12.0 Å². The van der Waals surface area contributed by atoms with E-state index in [0.717, 1.165) is 42.6 Å². The van der Waals surface area contributed by atoms with Gasteiger partial charge in [0.15, 0.2) is 0 Å². The van der Waals surface area contributed by atoms with Crippen molar-refractivity contribution in [3.63, 3.8) is 0 Å². The molecule has 0 atom stereocenters. The van der Waals surface area contributed by atoms with Crippen LogP contribution in [0.4, 0.5) is 8.78 Å². The Morgan fingerprint density at radius 3 is 2.50 bits per heavy atom. The highest BCUT2D eigenvalue weighted by molar-refractivity contribution is 6.01. The summed E-state index contributed by atoms with van der Waals surface area (Å²) in [6.45, 7) is 6.27. The lowest BCUT2D eigenvalue weighted by Gasteiger charge is -2.34. The second-order valence-electron chi connectivity index (χ2n) is 7.29. The molecule has 1 amide bonds. The highest BCUT2D eigenvalue weighted by Crippen LogP contribution is 2.41. The second-order valence-corrected chi connectivity index (χ2v) is 7.29. The first-order valence-electron chi connectivity index (χ1n) is 10.3.